The van der Waals surface area contributed by atoms with Crippen molar-refractivity contribution < 1.29 is 0 Å². The fraction of sp³-hybridized carbons (Fsp3) is 0. The number of anilines is 3. The molecule has 0 N–H and O–H groups in total. The second-order valence-corrected chi connectivity index (χ2v) is 11.0. The van der Waals surface area contributed by atoms with Crippen LogP contribution < -0.4 is 4.90 Å². The van der Waals surface area contributed by atoms with E-state index >= 15 is 0 Å². The Morgan fingerprint density at radius 3 is 1.58 bits per heavy atom. The molecule has 0 aromatic heterocycles. The van der Waals surface area contributed by atoms with Crippen LogP contribution in [0.2, 0.25) is 0 Å². The maximum Gasteiger partial charge on any atom is 0.0546 e. The Kier molecular flexibility index (Phi) is 6.20. The molecule has 0 fully saturated rings. The molecule has 0 bridgehead atoms. The highest BCUT2D eigenvalue weighted by molar-refractivity contribution is 6.21. The third-order valence-electron chi connectivity index (χ3n) is 8.43. The van der Waals surface area contributed by atoms with E-state index in [4.69, 9.17) is 0 Å². The molecule has 0 atom stereocenters. The third kappa shape index (κ3) is 4.52. The SMILES string of the molecule is c1ccc(-c2ccc(-c3cccc(N(c4ccccc4)c4cc5c6ccccc6ccc5c5ccccc45)c3)cc2)cc1. The van der Waals surface area contributed by atoms with Gasteiger partial charge in [0.1, 0.15) is 0 Å². The molecule has 43 heavy (non-hydrogen) atoms. The zero-order valence-corrected chi connectivity index (χ0v) is 23.7. The van der Waals surface area contributed by atoms with Crippen LogP contribution in [0.4, 0.5) is 17.1 Å². The first-order valence-electron chi connectivity index (χ1n) is 14.8. The smallest absolute Gasteiger partial charge is 0.0546 e. The second kappa shape index (κ2) is 10.6. The molecule has 0 saturated carbocycles. The lowest BCUT2D eigenvalue weighted by Crippen LogP contribution is -2.10. The lowest BCUT2D eigenvalue weighted by atomic mass is 9.95. The highest BCUT2D eigenvalue weighted by Crippen LogP contribution is 2.44. The molecule has 0 amide bonds. The van der Waals surface area contributed by atoms with Gasteiger partial charge in [-0.25, -0.2) is 0 Å². The fourth-order valence-electron chi connectivity index (χ4n) is 6.34. The van der Waals surface area contributed by atoms with Crippen LogP contribution >= 0.6 is 0 Å². The van der Waals surface area contributed by atoms with Crippen LogP contribution in [-0.2, 0) is 0 Å². The average molecular weight is 548 g/mol. The first-order valence-corrected chi connectivity index (χ1v) is 14.8. The molecule has 0 aliphatic carbocycles. The van der Waals surface area contributed by atoms with Gasteiger partial charge in [-0.2, -0.15) is 0 Å². The van der Waals surface area contributed by atoms with Crippen molar-refractivity contribution in [2.24, 2.45) is 0 Å². The summed E-state index contributed by atoms with van der Waals surface area (Å²) in [5, 5.41) is 7.55. The first-order chi connectivity index (χ1) is 21.3. The molecule has 1 heteroatoms. The van der Waals surface area contributed by atoms with Crippen molar-refractivity contribution in [3.63, 3.8) is 0 Å². The molecule has 8 rings (SSSR count). The lowest BCUT2D eigenvalue weighted by molar-refractivity contribution is 1.30. The summed E-state index contributed by atoms with van der Waals surface area (Å²) in [6.45, 7) is 0. The van der Waals surface area contributed by atoms with Gasteiger partial charge in [0.2, 0.25) is 0 Å². The van der Waals surface area contributed by atoms with Crippen LogP contribution in [-0.4, -0.2) is 0 Å². The van der Waals surface area contributed by atoms with Crippen molar-refractivity contribution in [2.75, 3.05) is 4.90 Å². The van der Waals surface area contributed by atoms with Crippen LogP contribution in [0, 0.1) is 0 Å². The van der Waals surface area contributed by atoms with E-state index in [-0.39, 0.29) is 0 Å². The average Bonchev–Trinajstić information content (AvgIpc) is 3.09. The van der Waals surface area contributed by atoms with Gasteiger partial charge in [-0.1, -0.05) is 146 Å². The van der Waals surface area contributed by atoms with Crippen molar-refractivity contribution in [3.05, 3.63) is 176 Å². The molecule has 8 aromatic carbocycles. The minimum atomic E-state index is 1.13. The summed E-state index contributed by atoms with van der Waals surface area (Å²) in [7, 11) is 0. The lowest BCUT2D eigenvalue weighted by Gasteiger charge is -2.28. The molecule has 8 aromatic rings. The monoisotopic (exact) mass is 547 g/mol. The Morgan fingerprint density at radius 1 is 0.279 bits per heavy atom. The molecule has 0 spiro atoms. The summed E-state index contributed by atoms with van der Waals surface area (Å²) in [6.07, 6.45) is 0. The maximum atomic E-state index is 2.41. The van der Waals surface area contributed by atoms with E-state index in [1.807, 2.05) is 0 Å². The quantitative estimate of drug-likeness (QED) is 0.194. The standard InChI is InChI=1S/C42H29N/c1-3-12-30(13-4-1)31-22-24-32(25-23-31)34-15-11-18-36(28-34)43(35-16-5-2-6-17-35)42-29-41-37-19-8-7-14-33(37)26-27-39(41)38-20-9-10-21-40(38)42/h1-29H. The summed E-state index contributed by atoms with van der Waals surface area (Å²) in [6, 6.07) is 63.4. The van der Waals surface area contributed by atoms with E-state index in [1.165, 1.54) is 60.3 Å². The Bertz CT molecular complexity index is 2220. The molecule has 0 unspecified atom stereocenters. The van der Waals surface area contributed by atoms with Gasteiger partial charge in [-0.3, -0.25) is 0 Å². The van der Waals surface area contributed by atoms with Gasteiger partial charge in [0, 0.05) is 16.8 Å². The van der Waals surface area contributed by atoms with Gasteiger partial charge in [0.25, 0.3) is 0 Å². The maximum absolute atomic E-state index is 2.41. The molecular formula is C42H29N. The van der Waals surface area contributed by atoms with Gasteiger partial charge in [-0.15, -0.1) is 0 Å². The number of hydrogen-bond acceptors (Lipinski definition) is 1. The Labute approximate surface area is 251 Å². The van der Waals surface area contributed by atoms with Gasteiger partial charge < -0.3 is 4.90 Å². The van der Waals surface area contributed by atoms with Crippen LogP contribution in [0.3, 0.4) is 0 Å². The molecule has 0 aliphatic heterocycles. The highest BCUT2D eigenvalue weighted by atomic mass is 15.1. The first kappa shape index (κ1) is 25.1. The number of para-hydroxylation sites is 1. The fourth-order valence-corrected chi connectivity index (χ4v) is 6.34. The van der Waals surface area contributed by atoms with Gasteiger partial charge >= 0.3 is 0 Å². The summed E-state index contributed by atoms with van der Waals surface area (Å²) in [5.74, 6) is 0. The van der Waals surface area contributed by atoms with E-state index in [0.717, 1.165) is 11.4 Å². The van der Waals surface area contributed by atoms with Crippen molar-refractivity contribution >= 4 is 49.4 Å². The zero-order chi connectivity index (χ0) is 28.6. The summed E-state index contributed by atoms with van der Waals surface area (Å²) < 4.78 is 0. The highest BCUT2D eigenvalue weighted by Gasteiger charge is 2.18. The number of nitrogens with zero attached hydrogens (tertiary/aromatic N) is 1. The molecule has 0 radical (unpaired) electrons. The van der Waals surface area contributed by atoms with Crippen LogP contribution in [0.1, 0.15) is 0 Å². The molecule has 1 nitrogen and oxygen atoms in total. The van der Waals surface area contributed by atoms with E-state index in [1.54, 1.807) is 0 Å². The second-order valence-electron chi connectivity index (χ2n) is 11.0. The predicted molar refractivity (Wildman–Crippen MR) is 185 cm³/mol. The molecule has 202 valence electrons. The van der Waals surface area contributed by atoms with E-state index in [0.29, 0.717) is 0 Å². The van der Waals surface area contributed by atoms with Crippen molar-refractivity contribution in [2.45, 2.75) is 0 Å². The molecular weight excluding hydrogens is 518 g/mol. The van der Waals surface area contributed by atoms with Crippen LogP contribution in [0.5, 0.6) is 0 Å². The summed E-state index contributed by atoms with van der Waals surface area (Å²) in [5.41, 5.74) is 8.26. The topological polar surface area (TPSA) is 3.24 Å². The van der Waals surface area contributed by atoms with E-state index < -0.39 is 0 Å². The predicted octanol–water partition coefficient (Wildman–Crippen LogP) is 11.9. The van der Waals surface area contributed by atoms with Crippen molar-refractivity contribution in [1.82, 2.24) is 0 Å². The number of hydrogen-bond donors (Lipinski definition) is 0. The number of benzene rings is 8. The van der Waals surface area contributed by atoms with Gasteiger partial charge in [0.15, 0.2) is 0 Å². The Morgan fingerprint density at radius 2 is 0.814 bits per heavy atom. The molecule has 0 heterocycles. The van der Waals surface area contributed by atoms with Gasteiger partial charge in [0.05, 0.1) is 5.69 Å². The zero-order valence-electron chi connectivity index (χ0n) is 23.7. The summed E-state index contributed by atoms with van der Waals surface area (Å²) in [4.78, 5) is 2.41. The number of fused-ring (bicyclic) bond motifs is 5. The van der Waals surface area contributed by atoms with E-state index in [9.17, 15) is 0 Å². The Balaban J connectivity index is 1.33. The van der Waals surface area contributed by atoms with Crippen LogP contribution in [0.25, 0.3) is 54.6 Å². The van der Waals surface area contributed by atoms with Crippen molar-refractivity contribution in [1.29, 1.82) is 0 Å². The minimum Gasteiger partial charge on any atom is -0.310 e. The van der Waals surface area contributed by atoms with E-state index in [2.05, 4.69) is 181 Å². The van der Waals surface area contributed by atoms with Crippen molar-refractivity contribution in [3.8, 4) is 22.3 Å². The summed E-state index contributed by atoms with van der Waals surface area (Å²) >= 11 is 0. The van der Waals surface area contributed by atoms with Crippen LogP contribution in [0.15, 0.2) is 176 Å². The van der Waals surface area contributed by atoms with Gasteiger partial charge in [-0.05, 0) is 79.5 Å². The normalized spacial score (nSPS) is 11.3. The third-order valence-corrected chi connectivity index (χ3v) is 8.43. The Hall–Kier alpha value is -5.66. The minimum absolute atomic E-state index is 1.13. The molecule has 0 aliphatic rings. The number of rotatable bonds is 5. The molecule has 0 saturated heterocycles. The largest absolute Gasteiger partial charge is 0.310 e.